The standard InChI is InChI=1S/C18H21NO/c20-13-5-9-15-7-3-6-14-8-4-12-19-17-11-2-1-10-16(17)18(14)15/h1-3,6-8,10-11,17,19-20H,4-5,9,12-13H2. The molecule has 1 aliphatic carbocycles. The Morgan fingerprint density at radius 1 is 1.25 bits per heavy atom. The van der Waals surface area contributed by atoms with E-state index in [4.69, 9.17) is 5.11 Å². The molecule has 2 N–H and O–H groups in total. The number of nitrogens with one attached hydrogen (secondary N) is 1. The van der Waals surface area contributed by atoms with Gasteiger partial charge in [-0.15, -0.1) is 0 Å². The summed E-state index contributed by atoms with van der Waals surface area (Å²) in [6, 6.07) is 6.84. The summed E-state index contributed by atoms with van der Waals surface area (Å²) in [6.45, 7) is 1.26. The number of benzene rings is 1. The Kier molecular flexibility index (Phi) is 4.14. The predicted octanol–water partition coefficient (Wildman–Crippen LogP) is 1.03. The molecule has 2 nitrogen and oxygen atoms in total. The van der Waals surface area contributed by atoms with Gasteiger partial charge in [-0.25, -0.2) is 0 Å². The second kappa shape index (κ2) is 6.21. The number of fused-ring (bicyclic) bond motifs is 2. The highest BCUT2D eigenvalue weighted by Gasteiger charge is 2.14. The number of aryl methyl sites for hydroxylation is 1. The molecule has 20 heavy (non-hydrogen) atoms. The first-order valence-corrected chi connectivity index (χ1v) is 7.41. The van der Waals surface area contributed by atoms with Crippen LogP contribution in [-0.2, 0) is 6.42 Å². The lowest BCUT2D eigenvalue weighted by Crippen LogP contribution is -2.41. The molecule has 0 amide bonds. The molecule has 0 radical (unpaired) electrons. The average molecular weight is 267 g/mol. The largest absolute Gasteiger partial charge is 0.396 e. The number of rotatable bonds is 3. The summed E-state index contributed by atoms with van der Waals surface area (Å²) in [5.74, 6) is 0. The van der Waals surface area contributed by atoms with Gasteiger partial charge in [-0.1, -0.05) is 48.6 Å². The third kappa shape index (κ3) is 2.62. The van der Waals surface area contributed by atoms with E-state index in [2.05, 4.69) is 53.9 Å². The maximum Gasteiger partial charge on any atom is 0.0515 e. The van der Waals surface area contributed by atoms with Crippen molar-refractivity contribution in [3.8, 4) is 0 Å². The fourth-order valence-electron chi connectivity index (χ4n) is 3.05. The van der Waals surface area contributed by atoms with E-state index < -0.39 is 0 Å². The number of allylic oxidation sites excluding steroid dienone is 2. The highest BCUT2D eigenvalue weighted by atomic mass is 16.2. The van der Waals surface area contributed by atoms with Crippen molar-refractivity contribution in [3.63, 3.8) is 0 Å². The Balaban J connectivity index is 2.25. The van der Waals surface area contributed by atoms with Gasteiger partial charge in [-0.2, -0.15) is 0 Å². The molecular formula is C18H21NO. The van der Waals surface area contributed by atoms with Crippen LogP contribution in [0, 0.1) is 0 Å². The molecule has 0 fully saturated rings. The summed E-state index contributed by atoms with van der Waals surface area (Å²) in [5, 5.41) is 15.4. The maximum atomic E-state index is 9.11. The lowest BCUT2D eigenvalue weighted by atomic mass is 9.93. The van der Waals surface area contributed by atoms with Crippen molar-refractivity contribution >= 4 is 11.6 Å². The highest BCUT2D eigenvalue weighted by Crippen LogP contribution is 2.13. The summed E-state index contributed by atoms with van der Waals surface area (Å²) >= 11 is 0. The quantitative estimate of drug-likeness (QED) is 0.857. The number of hydrogen-bond acceptors (Lipinski definition) is 2. The molecule has 0 saturated heterocycles. The topological polar surface area (TPSA) is 32.3 Å². The van der Waals surface area contributed by atoms with Crippen LogP contribution in [0.15, 0.2) is 42.5 Å². The molecule has 1 aromatic carbocycles. The molecule has 1 atom stereocenters. The normalized spacial score (nSPS) is 20.6. The van der Waals surface area contributed by atoms with Crippen LogP contribution >= 0.6 is 0 Å². The third-order valence-corrected chi connectivity index (χ3v) is 3.97. The molecule has 3 rings (SSSR count). The molecule has 1 aromatic rings. The van der Waals surface area contributed by atoms with Crippen LogP contribution in [-0.4, -0.2) is 24.3 Å². The molecule has 104 valence electrons. The molecular weight excluding hydrogens is 246 g/mol. The van der Waals surface area contributed by atoms with Gasteiger partial charge in [0.15, 0.2) is 0 Å². The van der Waals surface area contributed by atoms with E-state index in [0.29, 0.717) is 6.04 Å². The summed E-state index contributed by atoms with van der Waals surface area (Å²) in [7, 11) is 0. The van der Waals surface area contributed by atoms with E-state index in [-0.39, 0.29) is 6.61 Å². The molecule has 0 aromatic heterocycles. The molecule has 2 aliphatic rings. The van der Waals surface area contributed by atoms with Crippen LogP contribution in [0.2, 0.25) is 0 Å². The number of aliphatic hydroxyl groups is 1. The summed E-state index contributed by atoms with van der Waals surface area (Å²) in [6.07, 6.45) is 13.8. The van der Waals surface area contributed by atoms with Gasteiger partial charge in [-0.3, -0.25) is 0 Å². The van der Waals surface area contributed by atoms with Crippen molar-refractivity contribution in [2.45, 2.75) is 25.3 Å². The van der Waals surface area contributed by atoms with Gasteiger partial charge in [0.05, 0.1) is 6.04 Å². The molecule has 0 bridgehead atoms. The lowest BCUT2D eigenvalue weighted by Gasteiger charge is -2.21. The first kappa shape index (κ1) is 13.3. The van der Waals surface area contributed by atoms with Crippen molar-refractivity contribution in [1.82, 2.24) is 5.32 Å². The van der Waals surface area contributed by atoms with Gasteiger partial charge in [0.25, 0.3) is 0 Å². The third-order valence-electron chi connectivity index (χ3n) is 3.97. The van der Waals surface area contributed by atoms with Gasteiger partial charge >= 0.3 is 0 Å². The van der Waals surface area contributed by atoms with Crippen LogP contribution in [0.3, 0.4) is 0 Å². The minimum Gasteiger partial charge on any atom is -0.396 e. The molecule has 1 heterocycles. The Bertz CT molecular complexity index is 654. The number of aliphatic hydroxyl groups excluding tert-OH is 1. The first-order valence-electron chi connectivity index (χ1n) is 7.41. The molecule has 0 saturated carbocycles. The fourth-order valence-corrected chi connectivity index (χ4v) is 3.05. The predicted molar refractivity (Wildman–Crippen MR) is 83.7 cm³/mol. The minimum atomic E-state index is 0.250. The van der Waals surface area contributed by atoms with E-state index in [1.165, 1.54) is 21.6 Å². The summed E-state index contributed by atoms with van der Waals surface area (Å²) < 4.78 is 0. The Morgan fingerprint density at radius 2 is 2.20 bits per heavy atom. The van der Waals surface area contributed by atoms with Gasteiger partial charge in [0.1, 0.15) is 0 Å². The second-order valence-electron chi connectivity index (χ2n) is 5.33. The van der Waals surface area contributed by atoms with Crippen molar-refractivity contribution in [3.05, 3.63) is 58.5 Å². The van der Waals surface area contributed by atoms with Crippen LogP contribution in [0.1, 0.15) is 18.4 Å². The molecule has 2 heteroatoms. The Labute approximate surface area is 119 Å². The first-order chi connectivity index (χ1) is 9.90. The van der Waals surface area contributed by atoms with Crippen molar-refractivity contribution in [1.29, 1.82) is 0 Å². The van der Waals surface area contributed by atoms with Gasteiger partial charge in [-0.05, 0) is 47.4 Å². The Morgan fingerprint density at radius 3 is 3.10 bits per heavy atom. The van der Waals surface area contributed by atoms with E-state index in [1.54, 1.807) is 0 Å². The Hall–Kier alpha value is -1.64. The van der Waals surface area contributed by atoms with E-state index in [0.717, 1.165) is 25.8 Å². The zero-order valence-corrected chi connectivity index (χ0v) is 11.7. The zero-order valence-electron chi connectivity index (χ0n) is 11.7. The van der Waals surface area contributed by atoms with Crippen LogP contribution in [0.4, 0.5) is 0 Å². The van der Waals surface area contributed by atoms with E-state index in [1.807, 2.05) is 0 Å². The van der Waals surface area contributed by atoms with E-state index >= 15 is 0 Å². The van der Waals surface area contributed by atoms with Crippen molar-refractivity contribution in [2.24, 2.45) is 0 Å². The monoisotopic (exact) mass is 267 g/mol. The SMILES string of the molecule is OCCCc1cccc2c1=C1C=CC=CC1NCCC=2. The summed E-state index contributed by atoms with van der Waals surface area (Å²) in [5.41, 5.74) is 2.70. The lowest BCUT2D eigenvalue weighted by molar-refractivity contribution is 0.288. The van der Waals surface area contributed by atoms with Crippen molar-refractivity contribution in [2.75, 3.05) is 13.2 Å². The molecule has 1 unspecified atom stereocenters. The highest BCUT2D eigenvalue weighted by molar-refractivity contribution is 5.68. The maximum absolute atomic E-state index is 9.11. The number of hydrogen-bond donors (Lipinski definition) is 2. The van der Waals surface area contributed by atoms with Gasteiger partial charge in [0, 0.05) is 6.61 Å². The minimum absolute atomic E-state index is 0.250. The summed E-state index contributed by atoms with van der Waals surface area (Å²) in [4.78, 5) is 0. The van der Waals surface area contributed by atoms with Crippen molar-refractivity contribution < 1.29 is 5.11 Å². The zero-order chi connectivity index (χ0) is 13.8. The van der Waals surface area contributed by atoms with Crippen LogP contribution < -0.4 is 15.8 Å². The van der Waals surface area contributed by atoms with Crippen LogP contribution in [0.5, 0.6) is 0 Å². The average Bonchev–Trinajstić information content (AvgIpc) is 2.47. The fraction of sp³-hybridized carbons (Fsp3) is 0.333. The smallest absolute Gasteiger partial charge is 0.0515 e. The van der Waals surface area contributed by atoms with E-state index in [9.17, 15) is 0 Å². The molecule has 1 aliphatic heterocycles. The van der Waals surface area contributed by atoms with Gasteiger partial charge in [0.2, 0.25) is 0 Å². The van der Waals surface area contributed by atoms with Crippen LogP contribution in [0.25, 0.3) is 11.6 Å². The van der Waals surface area contributed by atoms with Gasteiger partial charge < -0.3 is 10.4 Å². The molecule has 0 spiro atoms. The second-order valence-corrected chi connectivity index (χ2v) is 5.33.